The van der Waals surface area contributed by atoms with Crippen molar-refractivity contribution >= 4 is 27.2 Å². The summed E-state index contributed by atoms with van der Waals surface area (Å²) in [5.41, 5.74) is -0.256. The van der Waals surface area contributed by atoms with Gasteiger partial charge in [-0.05, 0) is 49.0 Å². The van der Waals surface area contributed by atoms with E-state index in [4.69, 9.17) is 0 Å². The summed E-state index contributed by atoms with van der Waals surface area (Å²) >= 11 is 1.48. The van der Waals surface area contributed by atoms with Gasteiger partial charge in [0.1, 0.15) is 5.82 Å². The van der Waals surface area contributed by atoms with Crippen LogP contribution < -0.4 is 5.32 Å². The molecule has 1 fully saturated rings. The Labute approximate surface area is 122 Å². The van der Waals surface area contributed by atoms with Gasteiger partial charge in [-0.3, -0.25) is 4.79 Å². The molecule has 0 radical (unpaired) electrons. The Bertz CT molecular complexity index is 643. The standard InChI is InChI=1S/C16H18FNOS/c1-2-5-16(6-7-18-10-16)15(19)14-9-11-8-12(17)3-4-13(11)20-14/h3-4,8-9,18H,2,5-7,10H2,1H3. The van der Waals surface area contributed by atoms with E-state index in [2.05, 4.69) is 12.2 Å². The molecule has 1 aromatic heterocycles. The van der Waals surface area contributed by atoms with Crippen molar-refractivity contribution < 1.29 is 9.18 Å². The third kappa shape index (κ3) is 2.27. The molecule has 4 heteroatoms. The Morgan fingerprint density at radius 1 is 1.45 bits per heavy atom. The Morgan fingerprint density at radius 2 is 2.30 bits per heavy atom. The van der Waals surface area contributed by atoms with Crippen LogP contribution in [-0.2, 0) is 0 Å². The van der Waals surface area contributed by atoms with Crippen molar-refractivity contribution in [3.05, 3.63) is 35.0 Å². The highest BCUT2D eigenvalue weighted by molar-refractivity contribution is 7.20. The summed E-state index contributed by atoms with van der Waals surface area (Å²) in [7, 11) is 0. The van der Waals surface area contributed by atoms with Crippen LogP contribution in [0.2, 0.25) is 0 Å². The van der Waals surface area contributed by atoms with E-state index in [0.717, 1.165) is 47.3 Å². The summed E-state index contributed by atoms with van der Waals surface area (Å²) in [6.07, 6.45) is 2.83. The molecule has 106 valence electrons. The molecule has 1 aliphatic rings. The quantitative estimate of drug-likeness (QED) is 0.863. The fourth-order valence-electron chi connectivity index (χ4n) is 3.13. The number of hydrogen-bond acceptors (Lipinski definition) is 3. The third-order valence-electron chi connectivity index (χ3n) is 4.16. The predicted octanol–water partition coefficient (Wildman–Crippen LogP) is 4.00. The molecule has 1 unspecified atom stereocenters. The van der Waals surface area contributed by atoms with Gasteiger partial charge in [-0.2, -0.15) is 0 Å². The number of Topliss-reactive ketones (excluding diaryl/α,β-unsaturated/α-hetero) is 1. The number of halogens is 1. The van der Waals surface area contributed by atoms with Crippen molar-refractivity contribution in [3.63, 3.8) is 0 Å². The second kappa shape index (κ2) is 5.26. The van der Waals surface area contributed by atoms with Crippen molar-refractivity contribution in [1.29, 1.82) is 0 Å². The number of benzene rings is 1. The lowest BCUT2D eigenvalue weighted by Gasteiger charge is -2.25. The SMILES string of the molecule is CCCC1(C(=O)c2cc3cc(F)ccc3s2)CCNC1. The lowest BCUT2D eigenvalue weighted by molar-refractivity contribution is 0.0806. The number of rotatable bonds is 4. The maximum atomic E-state index is 13.3. The van der Waals surface area contributed by atoms with Crippen molar-refractivity contribution in [2.75, 3.05) is 13.1 Å². The molecule has 3 rings (SSSR count). The maximum Gasteiger partial charge on any atom is 0.180 e. The van der Waals surface area contributed by atoms with Gasteiger partial charge in [-0.25, -0.2) is 4.39 Å². The summed E-state index contributed by atoms with van der Waals surface area (Å²) in [5.74, 6) is -0.0222. The first-order valence-corrected chi connectivity index (χ1v) is 7.91. The van der Waals surface area contributed by atoms with Gasteiger partial charge in [0.2, 0.25) is 0 Å². The van der Waals surface area contributed by atoms with Crippen LogP contribution in [0.15, 0.2) is 24.3 Å². The highest BCUT2D eigenvalue weighted by Crippen LogP contribution is 2.38. The van der Waals surface area contributed by atoms with Gasteiger partial charge < -0.3 is 5.32 Å². The lowest BCUT2D eigenvalue weighted by atomic mass is 9.78. The Hall–Kier alpha value is -1.26. The molecule has 0 amide bonds. The highest BCUT2D eigenvalue weighted by atomic mass is 32.1. The number of thiophene rings is 1. The lowest BCUT2D eigenvalue weighted by Crippen LogP contribution is -2.33. The van der Waals surface area contributed by atoms with Crippen molar-refractivity contribution in [3.8, 4) is 0 Å². The number of fused-ring (bicyclic) bond motifs is 1. The molecule has 1 atom stereocenters. The topological polar surface area (TPSA) is 29.1 Å². The van der Waals surface area contributed by atoms with Gasteiger partial charge >= 0.3 is 0 Å². The van der Waals surface area contributed by atoms with Crippen LogP contribution in [0.5, 0.6) is 0 Å². The van der Waals surface area contributed by atoms with E-state index in [-0.39, 0.29) is 17.0 Å². The van der Waals surface area contributed by atoms with Crippen molar-refractivity contribution in [2.24, 2.45) is 5.41 Å². The maximum absolute atomic E-state index is 13.3. The fourth-order valence-corrected chi connectivity index (χ4v) is 4.23. The summed E-state index contributed by atoms with van der Waals surface area (Å²) in [5, 5.41) is 4.14. The molecule has 0 bridgehead atoms. The second-order valence-corrected chi connectivity index (χ2v) is 6.66. The van der Waals surface area contributed by atoms with E-state index < -0.39 is 0 Å². The van der Waals surface area contributed by atoms with Gasteiger partial charge in [0.05, 0.1) is 4.88 Å². The molecule has 1 saturated heterocycles. The molecule has 1 aliphatic heterocycles. The molecule has 0 spiro atoms. The molecule has 2 aromatic rings. The minimum Gasteiger partial charge on any atom is -0.316 e. The average molecular weight is 291 g/mol. The van der Waals surface area contributed by atoms with Crippen LogP contribution in [0.3, 0.4) is 0 Å². The van der Waals surface area contributed by atoms with Crippen molar-refractivity contribution in [1.82, 2.24) is 5.32 Å². The Morgan fingerprint density at radius 3 is 3.00 bits per heavy atom. The highest BCUT2D eigenvalue weighted by Gasteiger charge is 2.41. The summed E-state index contributed by atoms with van der Waals surface area (Å²) in [6.45, 7) is 3.79. The van der Waals surface area contributed by atoms with Gasteiger partial charge in [0, 0.05) is 16.7 Å². The molecule has 2 nitrogen and oxygen atoms in total. The first-order valence-electron chi connectivity index (χ1n) is 7.09. The number of ketones is 1. The summed E-state index contributed by atoms with van der Waals surface area (Å²) in [4.78, 5) is 13.7. The van der Waals surface area contributed by atoms with Gasteiger partial charge in [-0.1, -0.05) is 13.3 Å². The third-order valence-corrected chi connectivity index (χ3v) is 5.27. The smallest absolute Gasteiger partial charge is 0.180 e. The largest absolute Gasteiger partial charge is 0.316 e. The van der Waals surface area contributed by atoms with Crippen LogP contribution in [0.1, 0.15) is 35.9 Å². The predicted molar refractivity (Wildman–Crippen MR) is 80.9 cm³/mol. The van der Waals surface area contributed by atoms with Gasteiger partial charge in [0.15, 0.2) is 5.78 Å². The molecular formula is C16H18FNOS. The molecule has 0 aliphatic carbocycles. The fraction of sp³-hybridized carbons (Fsp3) is 0.438. The van der Waals surface area contributed by atoms with Crippen molar-refractivity contribution in [2.45, 2.75) is 26.2 Å². The number of carbonyl (C=O) groups excluding carboxylic acids is 1. The monoisotopic (exact) mass is 291 g/mol. The second-order valence-electron chi connectivity index (χ2n) is 5.58. The van der Waals surface area contributed by atoms with E-state index in [9.17, 15) is 9.18 Å². The number of hydrogen-bond donors (Lipinski definition) is 1. The zero-order chi connectivity index (χ0) is 14.2. The Kier molecular flexibility index (Phi) is 3.61. The van der Waals surface area contributed by atoms with E-state index >= 15 is 0 Å². The Balaban J connectivity index is 1.98. The summed E-state index contributed by atoms with van der Waals surface area (Å²) < 4.78 is 14.2. The molecule has 1 aromatic carbocycles. The molecule has 20 heavy (non-hydrogen) atoms. The van der Waals surface area contributed by atoms with Crippen LogP contribution >= 0.6 is 11.3 Å². The minimum atomic E-state index is -0.256. The molecule has 0 saturated carbocycles. The number of carbonyl (C=O) groups is 1. The van der Waals surface area contributed by atoms with Crippen LogP contribution in [0.25, 0.3) is 10.1 Å². The van der Waals surface area contributed by atoms with Gasteiger partial charge in [-0.15, -0.1) is 11.3 Å². The van der Waals surface area contributed by atoms with Crippen LogP contribution in [-0.4, -0.2) is 18.9 Å². The van der Waals surface area contributed by atoms with Gasteiger partial charge in [0.25, 0.3) is 0 Å². The number of nitrogens with one attached hydrogen (secondary N) is 1. The van der Waals surface area contributed by atoms with Crippen LogP contribution in [0, 0.1) is 11.2 Å². The zero-order valence-corrected chi connectivity index (χ0v) is 12.4. The van der Waals surface area contributed by atoms with E-state index in [1.54, 1.807) is 6.07 Å². The van der Waals surface area contributed by atoms with E-state index in [1.165, 1.54) is 23.5 Å². The normalized spacial score (nSPS) is 22.5. The zero-order valence-electron chi connectivity index (χ0n) is 11.5. The molecule has 2 heterocycles. The molecule has 1 N–H and O–H groups in total. The first kappa shape index (κ1) is 13.7. The average Bonchev–Trinajstić information content (AvgIpc) is 3.05. The summed E-state index contributed by atoms with van der Waals surface area (Å²) in [6, 6.07) is 6.56. The first-order chi connectivity index (χ1) is 9.64. The van der Waals surface area contributed by atoms with E-state index in [1.807, 2.05) is 6.07 Å². The minimum absolute atomic E-state index is 0.228. The van der Waals surface area contributed by atoms with Crippen LogP contribution in [0.4, 0.5) is 4.39 Å². The van der Waals surface area contributed by atoms with E-state index in [0.29, 0.717) is 0 Å². The molecular weight excluding hydrogens is 273 g/mol.